The predicted molar refractivity (Wildman–Crippen MR) is 74.8 cm³/mol. The lowest BCUT2D eigenvalue weighted by Crippen LogP contribution is -2.44. The van der Waals surface area contributed by atoms with Crippen LogP contribution in [0.1, 0.15) is 24.8 Å². The van der Waals surface area contributed by atoms with Gasteiger partial charge in [0, 0.05) is 18.2 Å². The number of piperidine rings is 1. The van der Waals surface area contributed by atoms with Crippen LogP contribution in [0, 0.1) is 0 Å². The monoisotopic (exact) mass is 293 g/mol. The van der Waals surface area contributed by atoms with Gasteiger partial charge in [0.15, 0.2) is 11.5 Å². The standard InChI is InChI=1S/C15H19NO5/c1-19-12-7-14-13(20-9-21-14)6-10(12)8-16-5-3-2-4-11(16)15(17)18/h6-7,11H,2-5,8-9H2,1H3,(H,17,18). The minimum absolute atomic E-state index is 0.212. The van der Waals surface area contributed by atoms with Gasteiger partial charge >= 0.3 is 5.97 Å². The molecule has 1 atom stereocenters. The topological polar surface area (TPSA) is 68.2 Å². The van der Waals surface area contributed by atoms with Crippen molar-refractivity contribution in [3.05, 3.63) is 17.7 Å². The van der Waals surface area contributed by atoms with Crippen LogP contribution in [-0.2, 0) is 11.3 Å². The summed E-state index contributed by atoms with van der Waals surface area (Å²) in [7, 11) is 1.60. The number of carbonyl (C=O) groups is 1. The Hall–Kier alpha value is -1.95. The van der Waals surface area contributed by atoms with Gasteiger partial charge in [-0.15, -0.1) is 0 Å². The zero-order chi connectivity index (χ0) is 14.8. The van der Waals surface area contributed by atoms with Gasteiger partial charge in [-0.1, -0.05) is 6.42 Å². The smallest absolute Gasteiger partial charge is 0.320 e. The first kappa shape index (κ1) is 14.0. The molecule has 1 saturated heterocycles. The molecule has 0 amide bonds. The molecule has 2 aliphatic heterocycles. The first-order valence-corrected chi connectivity index (χ1v) is 7.12. The van der Waals surface area contributed by atoms with Crippen LogP contribution in [0.4, 0.5) is 0 Å². The van der Waals surface area contributed by atoms with Crippen LogP contribution >= 0.6 is 0 Å². The molecule has 0 aromatic heterocycles. The number of ether oxygens (including phenoxy) is 3. The fraction of sp³-hybridized carbons (Fsp3) is 0.533. The fourth-order valence-corrected chi connectivity index (χ4v) is 2.96. The van der Waals surface area contributed by atoms with E-state index in [0.717, 1.165) is 24.9 Å². The molecule has 6 nitrogen and oxygen atoms in total. The van der Waals surface area contributed by atoms with Gasteiger partial charge in [0.05, 0.1) is 7.11 Å². The van der Waals surface area contributed by atoms with E-state index >= 15 is 0 Å². The lowest BCUT2D eigenvalue weighted by molar-refractivity contribution is -0.144. The summed E-state index contributed by atoms with van der Waals surface area (Å²) in [6.45, 7) is 1.54. The molecule has 1 aromatic carbocycles. The zero-order valence-corrected chi connectivity index (χ0v) is 12.0. The maximum Gasteiger partial charge on any atom is 0.320 e. The number of carboxylic acid groups (broad SMARTS) is 1. The van der Waals surface area contributed by atoms with Crippen molar-refractivity contribution >= 4 is 5.97 Å². The molecule has 2 heterocycles. The summed E-state index contributed by atoms with van der Waals surface area (Å²) in [5, 5.41) is 9.35. The highest BCUT2D eigenvalue weighted by atomic mass is 16.7. The Balaban J connectivity index is 1.84. The largest absolute Gasteiger partial charge is 0.496 e. The zero-order valence-electron chi connectivity index (χ0n) is 12.0. The molecule has 1 fully saturated rings. The predicted octanol–water partition coefficient (Wildman–Crippen LogP) is 1.86. The van der Waals surface area contributed by atoms with E-state index in [-0.39, 0.29) is 6.79 Å². The Morgan fingerprint density at radius 2 is 2.14 bits per heavy atom. The molecule has 0 bridgehead atoms. The molecule has 0 saturated carbocycles. The van der Waals surface area contributed by atoms with Crippen molar-refractivity contribution in [1.82, 2.24) is 4.90 Å². The van der Waals surface area contributed by atoms with Crippen molar-refractivity contribution in [2.24, 2.45) is 0 Å². The molecular weight excluding hydrogens is 274 g/mol. The van der Waals surface area contributed by atoms with Gasteiger partial charge in [0.2, 0.25) is 6.79 Å². The van der Waals surface area contributed by atoms with Crippen LogP contribution in [0.3, 0.4) is 0 Å². The van der Waals surface area contributed by atoms with Gasteiger partial charge in [-0.05, 0) is 25.5 Å². The second-order valence-electron chi connectivity index (χ2n) is 5.34. The molecule has 114 valence electrons. The van der Waals surface area contributed by atoms with E-state index in [1.807, 2.05) is 11.0 Å². The van der Waals surface area contributed by atoms with Crippen molar-refractivity contribution < 1.29 is 24.1 Å². The molecule has 21 heavy (non-hydrogen) atoms. The number of rotatable bonds is 4. The average Bonchev–Trinajstić information content (AvgIpc) is 2.94. The van der Waals surface area contributed by atoms with Gasteiger partial charge in [0.25, 0.3) is 0 Å². The molecule has 0 aliphatic carbocycles. The second-order valence-corrected chi connectivity index (χ2v) is 5.34. The lowest BCUT2D eigenvalue weighted by Gasteiger charge is -2.33. The van der Waals surface area contributed by atoms with E-state index in [4.69, 9.17) is 14.2 Å². The second kappa shape index (κ2) is 5.81. The first-order valence-electron chi connectivity index (χ1n) is 7.12. The van der Waals surface area contributed by atoms with Crippen LogP contribution in [0.25, 0.3) is 0 Å². The van der Waals surface area contributed by atoms with Crippen molar-refractivity contribution in [2.75, 3.05) is 20.4 Å². The summed E-state index contributed by atoms with van der Waals surface area (Å²) < 4.78 is 16.1. The SMILES string of the molecule is COc1cc2c(cc1CN1CCCCC1C(=O)O)OCO2. The molecule has 0 radical (unpaired) electrons. The summed E-state index contributed by atoms with van der Waals surface area (Å²) in [4.78, 5) is 13.4. The van der Waals surface area contributed by atoms with E-state index in [1.165, 1.54) is 0 Å². The average molecular weight is 293 g/mol. The number of fused-ring (bicyclic) bond motifs is 1. The number of nitrogens with zero attached hydrogens (tertiary/aromatic N) is 1. The van der Waals surface area contributed by atoms with Crippen LogP contribution in [0.2, 0.25) is 0 Å². The molecule has 6 heteroatoms. The van der Waals surface area contributed by atoms with Gasteiger partial charge < -0.3 is 19.3 Å². The third-order valence-electron chi connectivity index (χ3n) is 4.05. The van der Waals surface area contributed by atoms with Crippen LogP contribution in [0.15, 0.2) is 12.1 Å². The highest BCUT2D eigenvalue weighted by Gasteiger charge is 2.29. The fourth-order valence-electron chi connectivity index (χ4n) is 2.96. The maximum atomic E-state index is 11.4. The normalized spacial score (nSPS) is 21.3. The number of hydrogen-bond donors (Lipinski definition) is 1. The van der Waals surface area contributed by atoms with Gasteiger partial charge in [-0.2, -0.15) is 0 Å². The quantitative estimate of drug-likeness (QED) is 0.914. The van der Waals surface area contributed by atoms with Gasteiger partial charge in [0.1, 0.15) is 11.8 Å². The van der Waals surface area contributed by atoms with Crippen molar-refractivity contribution in [3.63, 3.8) is 0 Å². The lowest BCUT2D eigenvalue weighted by atomic mass is 10.0. The molecule has 1 unspecified atom stereocenters. The third-order valence-corrected chi connectivity index (χ3v) is 4.05. The molecular formula is C15H19NO5. The van der Waals surface area contributed by atoms with Crippen LogP contribution in [-0.4, -0.2) is 42.5 Å². The Labute approximate surface area is 123 Å². The van der Waals surface area contributed by atoms with E-state index in [9.17, 15) is 9.90 Å². The third kappa shape index (κ3) is 2.76. The molecule has 3 rings (SSSR count). The van der Waals surface area contributed by atoms with Crippen molar-refractivity contribution in [1.29, 1.82) is 0 Å². The van der Waals surface area contributed by atoms with E-state index in [0.29, 0.717) is 30.2 Å². The minimum atomic E-state index is -0.755. The first-order chi connectivity index (χ1) is 10.2. The summed E-state index contributed by atoms with van der Waals surface area (Å²) >= 11 is 0. The summed E-state index contributed by atoms with van der Waals surface area (Å²) in [5.41, 5.74) is 0.926. The molecule has 1 N–H and O–H groups in total. The number of carboxylic acids is 1. The number of benzene rings is 1. The molecule has 2 aliphatic rings. The Bertz CT molecular complexity index is 545. The maximum absolute atomic E-state index is 11.4. The highest BCUT2D eigenvalue weighted by molar-refractivity contribution is 5.73. The number of methoxy groups -OCH3 is 1. The van der Waals surface area contributed by atoms with E-state index in [1.54, 1.807) is 13.2 Å². The van der Waals surface area contributed by atoms with E-state index in [2.05, 4.69) is 0 Å². The van der Waals surface area contributed by atoms with Crippen molar-refractivity contribution in [2.45, 2.75) is 31.8 Å². The number of likely N-dealkylation sites (tertiary alicyclic amines) is 1. The Kier molecular flexibility index (Phi) is 3.88. The number of aliphatic carboxylic acids is 1. The summed E-state index contributed by atoms with van der Waals surface area (Å²) in [6.07, 6.45) is 2.69. The van der Waals surface area contributed by atoms with Gasteiger partial charge in [-0.25, -0.2) is 0 Å². The van der Waals surface area contributed by atoms with E-state index < -0.39 is 12.0 Å². The van der Waals surface area contributed by atoms with Crippen molar-refractivity contribution in [3.8, 4) is 17.2 Å². The summed E-state index contributed by atoms with van der Waals surface area (Å²) in [6, 6.07) is 3.26. The number of hydrogen-bond acceptors (Lipinski definition) is 5. The minimum Gasteiger partial charge on any atom is -0.496 e. The molecule has 1 aromatic rings. The van der Waals surface area contributed by atoms with Gasteiger partial charge in [-0.3, -0.25) is 9.69 Å². The van der Waals surface area contributed by atoms with Crippen LogP contribution in [0.5, 0.6) is 17.2 Å². The Morgan fingerprint density at radius 3 is 2.86 bits per heavy atom. The Morgan fingerprint density at radius 1 is 1.38 bits per heavy atom. The molecule has 0 spiro atoms. The summed E-state index contributed by atoms with van der Waals surface area (Å²) in [5.74, 6) is 1.31. The van der Waals surface area contributed by atoms with Crippen LogP contribution < -0.4 is 14.2 Å². The highest BCUT2D eigenvalue weighted by Crippen LogP contribution is 2.39.